The van der Waals surface area contributed by atoms with Crippen molar-refractivity contribution in [3.63, 3.8) is 0 Å². The number of aliphatic carboxylic acids is 1. The lowest BCUT2D eigenvalue weighted by Crippen LogP contribution is -2.47. The van der Waals surface area contributed by atoms with E-state index in [2.05, 4.69) is 5.32 Å². The minimum absolute atomic E-state index is 0.0301. The van der Waals surface area contributed by atoms with E-state index < -0.39 is 5.97 Å². The zero-order chi connectivity index (χ0) is 16.4. The molecule has 0 unspecified atom stereocenters. The van der Waals surface area contributed by atoms with Gasteiger partial charge >= 0.3 is 5.97 Å². The van der Waals surface area contributed by atoms with E-state index >= 15 is 0 Å². The Balaban J connectivity index is 1.65. The Morgan fingerprint density at radius 1 is 1.26 bits per heavy atom. The third kappa shape index (κ3) is 3.74. The number of carboxylic acids is 1. The van der Waals surface area contributed by atoms with Crippen LogP contribution < -0.4 is 5.32 Å². The number of carboxylic acid groups (broad SMARTS) is 1. The summed E-state index contributed by atoms with van der Waals surface area (Å²) in [5.74, 6) is -0.901. The van der Waals surface area contributed by atoms with Gasteiger partial charge in [-0.15, -0.1) is 11.3 Å². The molecule has 0 bridgehead atoms. The Morgan fingerprint density at radius 2 is 2.00 bits per heavy atom. The molecule has 4 nitrogen and oxygen atoms in total. The van der Waals surface area contributed by atoms with Gasteiger partial charge in [0.25, 0.3) is 5.91 Å². The summed E-state index contributed by atoms with van der Waals surface area (Å²) in [5, 5.41) is 14.3. The fourth-order valence-electron chi connectivity index (χ4n) is 2.70. The van der Waals surface area contributed by atoms with Crippen molar-refractivity contribution >= 4 is 34.8 Å². The molecule has 0 aliphatic heterocycles. The van der Waals surface area contributed by atoms with Gasteiger partial charge in [-0.25, -0.2) is 0 Å². The van der Waals surface area contributed by atoms with Gasteiger partial charge in [0.2, 0.25) is 0 Å². The number of halogens is 1. The highest BCUT2D eigenvalue weighted by molar-refractivity contribution is 7.13. The summed E-state index contributed by atoms with van der Waals surface area (Å²) >= 11 is 7.38. The first-order valence-corrected chi connectivity index (χ1v) is 8.66. The van der Waals surface area contributed by atoms with Gasteiger partial charge in [-0.3, -0.25) is 9.59 Å². The number of thiophene rings is 1. The Labute approximate surface area is 143 Å². The SMILES string of the molecule is O=C(O)C[C@@H]1CC[C@@H]1NC(=O)c1csc(-c2ccc(Cl)cc2)c1. The second kappa shape index (κ2) is 6.72. The summed E-state index contributed by atoms with van der Waals surface area (Å²) in [6.07, 6.45) is 1.82. The van der Waals surface area contributed by atoms with Crippen molar-refractivity contribution in [3.05, 3.63) is 46.3 Å². The van der Waals surface area contributed by atoms with Gasteiger partial charge in [-0.2, -0.15) is 0 Å². The van der Waals surface area contributed by atoms with E-state index in [0.29, 0.717) is 10.6 Å². The van der Waals surface area contributed by atoms with Gasteiger partial charge in [0.05, 0.1) is 12.0 Å². The van der Waals surface area contributed by atoms with Gasteiger partial charge in [0, 0.05) is 21.3 Å². The summed E-state index contributed by atoms with van der Waals surface area (Å²) < 4.78 is 0. The Bertz CT molecular complexity index is 726. The predicted molar refractivity (Wildman–Crippen MR) is 91.0 cm³/mol. The minimum Gasteiger partial charge on any atom is -0.481 e. The molecule has 1 aliphatic rings. The first-order valence-electron chi connectivity index (χ1n) is 7.40. The molecule has 1 aromatic carbocycles. The van der Waals surface area contributed by atoms with Crippen molar-refractivity contribution < 1.29 is 14.7 Å². The molecule has 3 rings (SSSR count). The number of hydrogen-bond donors (Lipinski definition) is 2. The number of nitrogens with one attached hydrogen (secondary N) is 1. The standard InChI is InChI=1S/C17H16ClNO3S/c18-13-4-1-10(2-5-13)15-7-12(9-23-15)17(22)19-14-6-3-11(14)8-16(20)21/h1-2,4-5,7,9,11,14H,3,6,8H2,(H,19,22)(H,20,21)/t11-,14-/m0/s1. The quantitative estimate of drug-likeness (QED) is 0.855. The van der Waals surface area contributed by atoms with Crippen LogP contribution in [0.2, 0.25) is 5.02 Å². The van der Waals surface area contributed by atoms with Crippen LogP contribution in [0.15, 0.2) is 35.7 Å². The molecule has 0 radical (unpaired) electrons. The van der Waals surface area contributed by atoms with Crippen LogP contribution in [-0.4, -0.2) is 23.0 Å². The van der Waals surface area contributed by atoms with E-state index in [4.69, 9.17) is 16.7 Å². The first-order chi connectivity index (χ1) is 11.0. The van der Waals surface area contributed by atoms with Crippen molar-refractivity contribution in [1.29, 1.82) is 0 Å². The molecule has 2 atom stereocenters. The topological polar surface area (TPSA) is 66.4 Å². The average molecular weight is 350 g/mol. The van der Waals surface area contributed by atoms with Crippen LogP contribution in [0.5, 0.6) is 0 Å². The van der Waals surface area contributed by atoms with E-state index in [1.54, 1.807) is 0 Å². The normalized spacial score (nSPS) is 19.9. The zero-order valence-electron chi connectivity index (χ0n) is 12.3. The van der Waals surface area contributed by atoms with Gasteiger partial charge in [-0.05, 0) is 42.5 Å². The first kappa shape index (κ1) is 16.0. The molecule has 0 spiro atoms. The van der Waals surface area contributed by atoms with Crippen LogP contribution >= 0.6 is 22.9 Å². The lowest BCUT2D eigenvalue weighted by Gasteiger charge is -2.36. The molecule has 0 saturated heterocycles. The van der Waals surface area contributed by atoms with Crippen LogP contribution in [0.4, 0.5) is 0 Å². The zero-order valence-corrected chi connectivity index (χ0v) is 13.9. The molecule has 120 valence electrons. The van der Waals surface area contributed by atoms with Gasteiger partial charge in [-0.1, -0.05) is 23.7 Å². The molecule has 1 aliphatic carbocycles. The summed E-state index contributed by atoms with van der Waals surface area (Å²) in [6.45, 7) is 0. The molecule has 2 N–H and O–H groups in total. The number of hydrogen-bond acceptors (Lipinski definition) is 3. The summed E-state index contributed by atoms with van der Waals surface area (Å²) in [5.41, 5.74) is 1.63. The second-order valence-corrected chi connectivity index (χ2v) is 7.07. The predicted octanol–water partition coefficient (Wildman–Crippen LogP) is 4.05. The van der Waals surface area contributed by atoms with Gasteiger partial charge in [0.1, 0.15) is 0 Å². The van der Waals surface area contributed by atoms with Crippen LogP contribution in [0.25, 0.3) is 10.4 Å². The fourth-order valence-corrected chi connectivity index (χ4v) is 3.72. The van der Waals surface area contributed by atoms with Gasteiger partial charge in [0.15, 0.2) is 0 Å². The highest BCUT2D eigenvalue weighted by atomic mass is 35.5. The van der Waals surface area contributed by atoms with Crippen molar-refractivity contribution in [2.75, 3.05) is 0 Å². The highest BCUT2D eigenvalue weighted by Gasteiger charge is 2.33. The van der Waals surface area contributed by atoms with Crippen molar-refractivity contribution in [2.45, 2.75) is 25.3 Å². The van der Waals surface area contributed by atoms with E-state index in [9.17, 15) is 9.59 Å². The Morgan fingerprint density at radius 3 is 2.61 bits per heavy atom. The van der Waals surface area contributed by atoms with E-state index in [-0.39, 0.29) is 24.3 Å². The number of benzene rings is 1. The molecule has 2 aromatic rings. The largest absolute Gasteiger partial charge is 0.481 e. The summed E-state index contributed by atoms with van der Waals surface area (Å²) in [7, 11) is 0. The van der Waals surface area contributed by atoms with Crippen LogP contribution in [0, 0.1) is 5.92 Å². The van der Waals surface area contributed by atoms with E-state index in [1.807, 2.05) is 35.7 Å². The smallest absolute Gasteiger partial charge is 0.303 e. The molecule has 1 amide bonds. The number of carbonyl (C=O) groups is 2. The lowest BCUT2D eigenvalue weighted by molar-refractivity contribution is -0.139. The third-order valence-electron chi connectivity index (χ3n) is 4.16. The molecule has 1 saturated carbocycles. The fraction of sp³-hybridized carbons (Fsp3) is 0.294. The molecular formula is C17H16ClNO3S. The van der Waals surface area contributed by atoms with E-state index in [1.165, 1.54) is 11.3 Å². The van der Waals surface area contributed by atoms with Crippen molar-refractivity contribution in [2.24, 2.45) is 5.92 Å². The van der Waals surface area contributed by atoms with Crippen LogP contribution in [0.1, 0.15) is 29.6 Å². The molecule has 23 heavy (non-hydrogen) atoms. The van der Waals surface area contributed by atoms with E-state index in [0.717, 1.165) is 23.3 Å². The van der Waals surface area contributed by atoms with Crippen LogP contribution in [0.3, 0.4) is 0 Å². The third-order valence-corrected chi connectivity index (χ3v) is 5.39. The maximum Gasteiger partial charge on any atom is 0.303 e. The van der Waals surface area contributed by atoms with Crippen molar-refractivity contribution in [1.82, 2.24) is 5.32 Å². The Hall–Kier alpha value is -1.85. The second-order valence-electron chi connectivity index (χ2n) is 5.72. The van der Waals surface area contributed by atoms with Crippen LogP contribution in [-0.2, 0) is 4.79 Å². The number of amides is 1. The monoisotopic (exact) mass is 349 g/mol. The lowest BCUT2D eigenvalue weighted by atomic mass is 9.77. The Kier molecular flexibility index (Phi) is 4.68. The molecule has 1 fully saturated rings. The summed E-state index contributed by atoms with van der Waals surface area (Å²) in [6, 6.07) is 9.31. The van der Waals surface area contributed by atoms with Gasteiger partial charge < -0.3 is 10.4 Å². The number of carbonyl (C=O) groups excluding carboxylic acids is 1. The molecule has 6 heteroatoms. The molecular weight excluding hydrogens is 334 g/mol. The molecule has 1 aromatic heterocycles. The highest BCUT2D eigenvalue weighted by Crippen LogP contribution is 2.32. The minimum atomic E-state index is -0.811. The number of rotatable bonds is 5. The molecule has 1 heterocycles. The summed E-state index contributed by atoms with van der Waals surface area (Å²) in [4.78, 5) is 24.1. The van der Waals surface area contributed by atoms with Crippen molar-refractivity contribution in [3.8, 4) is 10.4 Å². The average Bonchev–Trinajstić information content (AvgIpc) is 2.99. The maximum absolute atomic E-state index is 12.3. The maximum atomic E-state index is 12.3.